The summed E-state index contributed by atoms with van der Waals surface area (Å²) in [5.74, 6) is 0. The SMILES string of the molecule is Cc1c(CO)ccc2c1sc1ccccc12. The van der Waals surface area contributed by atoms with Gasteiger partial charge in [-0.25, -0.2) is 0 Å². The second-order valence-corrected chi connectivity index (χ2v) is 5.03. The lowest BCUT2D eigenvalue weighted by molar-refractivity contribution is 0.281. The topological polar surface area (TPSA) is 20.2 Å². The molecule has 0 aliphatic carbocycles. The van der Waals surface area contributed by atoms with Crippen molar-refractivity contribution in [1.82, 2.24) is 0 Å². The fourth-order valence-corrected chi connectivity index (χ4v) is 3.36. The average Bonchev–Trinajstić information content (AvgIpc) is 2.69. The summed E-state index contributed by atoms with van der Waals surface area (Å²) < 4.78 is 2.61. The molecular formula is C14H12OS. The van der Waals surface area contributed by atoms with Crippen LogP contribution < -0.4 is 0 Å². The van der Waals surface area contributed by atoms with E-state index < -0.39 is 0 Å². The van der Waals surface area contributed by atoms with E-state index in [1.54, 1.807) is 11.3 Å². The molecule has 0 saturated heterocycles. The van der Waals surface area contributed by atoms with Gasteiger partial charge in [0.05, 0.1) is 6.61 Å². The Morgan fingerprint density at radius 3 is 2.69 bits per heavy atom. The van der Waals surface area contributed by atoms with Gasteiger partial charge in [-0.2, -0.15) is 0 Å². The Bertz CT molecular complexity index is 667. The van der Waals surface area contributed by atoms with E-state index in [0.29, 0.717) is 0 Å². The lowest BCUT2D eigenvalue weighted by atomic mass is 10.1. The number of aliphatic hydroxyl groups excluding tert-OH is 1. The van der Waals surface area contributed by atoms with Crippen LogP contribution in [0.25, 0.3) is 20.2 Å². The standard InChI is InChI=1S/C14H12OS/c1-9-10(8-15)6-7-12-11-4-2-3-5-13(11)16-14(9)12/h2-7,15H,8H2,1H3. The summed E-state index contributed by atoms with van der Waals surface area (Å²) in [6.45, 7) is 2.21. The summed E-state index contributed by atoms with van der Waals surface area (Å²) in [6, 6.07) is 12.6. The monoisotopic (exact) mass is 228 g/mol. The predicted octanol–water partition coefficient (Wildman–Crippen LogP) is 3.86. The molecule has 2 heteroatoms. The minimum Gasteiger partial charge on any atom is -0.392 e. The molecule has 0 bridgehead atoms. The predicted molar refractivity (Wildman–Crippen MR) is 70.0 cm³/mol. The first-order chi connectivity index (χ1) is 7.81. The molecule has 0 atom stereocenters. The van der Waals surface area contributed by atoms with Gasteiger partial charge in [0, 0.05) is 20.2 Å². The Kier molecular flexibility index (Phi) is 2.20. The van der Waals surface area contributed by atoms with Crippen molar-refractivity contribution in [3.05, 3.63) is 47.5 Å². The molecule has 3 aromatic rings. The number of hydrogen-bond donors (Lipinski definition) is 1. The van der Waals surface area contributed by atoms with Crippen LogP contribution in [0.5, 0.6) is 0 Å². The zero-order valence-electron chi connectivity index (χ0n) is 9.03. The van der Waals surface area contributed by atoms with E-state index in [0.717, 1.165) is 5.56 Å². The molecule has 0 spiro atoms. The molecule has 0 fully saturated rings. The van der Waals surface area contributed by atoms with Crippen LogP contribution in [0.3, 0.4) is 0 Å². The fourth-order valence-electron chi connectivity index (χ4n) is 2.14. The molecule has 0 amide bonds. The minimum atomic E-state index is 0.121. The van der Waals surface area contributed by atoms with Gasteiger partial charge in [0.2, 0.25) is 0 Å². The van der Waals surface area contributed by atoms with Gasteiger partial charge in [-0.3, -0.25) is 0 Å². The first-order valence-corrected chi connectivity index (χ1v) is 6.13. The zero-order chi connectivity index (χ0) is 11.1. The molecule has 3 rings (SSSR count). The first-order valence-electron chi connectivity index (χ1n) is 5.32. The molecule has 1 nitrogen and oxygen atoms in total. The van der Waals surface area contributed by atoms with Crippen LogP contribution in [0.2, 0.25) is 0 Å². The van der Waals surface area contributed by atoms with Gasteiger partial charge in [0.15, 0.2) is 0 Å². The number of thiophene rings is 1. The van der Waals surface area contributed by atoms with Crippen LogP contribution in [0, 0.1) is 6.92 Å². The lowest BCUT2D eigenvalue weighted by Crippen LogP contribution is -1.87. The van der Waals surface area contributed by atoms with Gasteiger partial charge in [-0.15, -0.1) is 11.3 Å². The molecule has 0 saturated carbocycles. The Hall–Kier alpha value is -1.38. The number of hydrogen-bond acceptors (Lipinski definition) is 2. The lowest BCUT2D eigenvalue weighted by Gasteiger charge is -2.02. The maximum absolute atomic E-state index is 9.26. The van der Waals surface area contributed by atoms with Crippen LogP contribution in [-0.2, 0) is 6.61 Å². The highest BCUT2D eigenvalue weighted by atomic mass is 32.1. The van der Waals surface area contributed by atoms with Gasteiger partial charge in [-0.05, 0) is 24.1 Å². The van der Waals surface area contributed by atoms with Crippen LogP contribution >= 0.6 is 11.3 Å². The fraction of sp³-hybridized carbons (Fsp3) is 0.143. The quantitative estimate of drug-likeness (QED) is 0.670. The maximum Gasteiger partial charge on any atom is 0.0684 e. The molecule has 16 heavy (non-hydrogen) atoms. The first kappa shape index (κ1) is 9.82. The molecule has 0 aliphatic heterocycles. The van der Waals surface area contributed by atoms with Gasteiger partial charge in [-0.1, -0.05) is 30.3 Å². The second kappa shape index (κ2) is 3.58. The number of rotatable bonds is 1. The van der Waals surface area contributed by atoms with Crippen molar-refractivity contribution in [1.29, 1.82) is 0 Å². The molecular weight excluding hydrogens is 216 g/mol. The Labute approximate surface area is 98.0 Å². The highest BCUT2D eigenvalue weighted by Crippen LogP contribution is 2.36. The van der Waals surface area contributed by atoms with Crippen molar-refractivity contribution in [3.8, 4) is 0 Å². The molecule has 0 radical (unpaired) electrons. The van der Waals surface area contributed by atoms with E-state index in [1.807, 2.05) is 6.07 Å². The molecule has 0 aliphatic rings. The highest BCUT2D eigenvalue weighted by Gasteiger charge is 2.08. The van der Waals surface area contributed by atoms with E-state index in [4.69, 9.17) is 0 Å². The number of aryl methyl sites for hydroxylation is 1. The number of benzene rings is 2. The molecule has 1 aromatic heterocycles. The Balaban J connectivity index is 2.49. The van der Waals surface area contributed by atoms with E-state index in [2.05, 4.69) is 37.3 Å². The van der Waals surface area contributed by atoms with Gasteiger partial charge >= 0.3 is 0 Å². The molecule has 1 N–H and O–H groups in total. The summed E-state index contributed by atoms with van der Waals surface area (Å²) in [6.07, 6.45) is 0. The van der Waals surface area contributed by atoms with E-state index >= 15 is 0 Å². The van der Waals surface area contributed by atoms with Crippen molar-refractivity contribution in [2.24, 2.45) is 0 Å². The van der Waals surface area contributed by atoms with Crippen LogP contribution in [0.15, 0.2) is 36.4 Å². The highest BCUT2D eigenvalue weighted by molar-refractivity contribution is 7.26. The van der Waals surface area contributed by atoms with Crippen molar-refractivity contribution in [3.63, 3.8) is 0 Å². The molecule has 80 valence electrons. The Morgan fingerprint density at radius 2 is 1.88 bits per heavy atom. The van der Waals surface area contributed by atoms with Gasteiger partial charge in [0.1, 0.15) is 0 Å². The second-order valence-electron chi connectivity index (χ2n) is 3.98. The number of aliphatic hydroxyl groups is 1. The third-order valence-corrected chi connectivity index (χ3v) is 4.38. The van der Waals surface area contributed by atoms with Gasteiger partial charge < -0.3 is 5.11 Å². The summed E-state index contributed by atoms with van der Waals surface area (Å²) >= 11 is 1.81. The maximum atomic E-state index is 9.26. The summed E-state index contributed by atoms with van der Waals surface area (Å²) in [5, 5.41) is 11.9. The van der Waals surface area contributed by atoms with Crippen LogP contribution in [0.1, 0.15) is 11.1 Å². The number of fused-ring (bicyclic) bond motifs is 3. The molecule has 2 aromatic carbocycles. The summed E-state index contributed by atoms with van der Waals surface area (Å²) in [7, 11) is 0. The smallest absolute Gasteiger partial charge is 0.0684 e. The molecule has 1 heterocycles. The summed E-state index contributed by atoms with van der Waals surface area (Å²) in [4.78, 5) is 0. The zero-order valence-corrected chi connectivity index (χ0v) is 9.84. The molecule has 0 unspecified atom stereocenters. The average molecular weight is 228 g/mol. The minimum absolute atomic E-state index is 0.121. The van der Waals surface area contributed by atoms with Crippen molar-refractivity contribution < 1.29 is 5.11 Å². The third kappa shape index (κ3) is 1.27. The van der Waals surface area contributed by atoms with E-state index in [-0.39, 0.29) is 6.61 Å². The van der Waals surface area contributed by atoms with Crippen LogP contribution in [-0.4, -0.2) is 5.11 Å². The summed E-state index contributed by atoms with van der Waals surface area (Å²) in [5.41, 5.74) is 2.24. The normalized spacial score (nSPS) is 11.4. The third-order valence-electron chi connectivity index (χ3n) is 3.08. The van der Waals surface area contributed by atoms with Gasteiger partial charge in [0.25, 0.3) is 0 Å². The van der Waals surface area contributed by atoms with Crippen molar-refractivity contribution in [2.75, 3.05) is 0 Å². The van der Waals surface area contributed by atoms with Crippen molar-refractivity contribution >= 4 is 31.5 Å². The van der Waals surface area contributed by atoms with Crippen LogP contribution in [0.4, 0.5) is 0 Å². The van der Waals surface area contributed by atoms with Crippen molar-refractivity contribution in [2.45, 2.75) is 13.5 Å². The Morgan fingerprint density at radius 1 is 1.06 bits per heavy atom. The largest absolute Gasteiger partial charge is 0.392 e. The van der Waals surface area contributed by atoms with E-state index in [9.17, 15) is 5.11 Å². The van der Waals surface area contributed by atoms with E-state index in [1.165, 1.54) is 25.7 Å².